The molecular formula is C21H20F2N2O4. The van der Waals surface area contributed by atoms with Gasteiger partial charge in [-0.05, 0) is 68.8 Å². The summed E-state index contributed by atoms with van der Waals surface area (Å²) in [6, 6.07) is 9.89. The van der Waals surface area contributed by atoms with Crippen LogP contribution < -0.4 is 10.6 Å². The molecule has 0 saturated carbocycles. The molecule has 2 unspecified atom stereocenters. The Hall–Kier alpha value is -3.42. The lowest BCUT2D eigenvalue weighted by Crippen LogP contribution is -2.36. The minimum Gasteiger partial charge on any atom is -0.325 e. The van der Waals surface area contributed by atoms with Crippen molar-refractivity contribution in [2.24, 2.45) is 11.8 Å². The van der Waals surface area contributed by atoms with Gasteiger partial charge in [0.1, 0.15) is 23.2 Å². The van der Waals surface area contributed by atoms with Crippen molar-refractivity contribution in [1.82, 2.24) is 0 Å². The molecule has 0 bridgehead atoms. The number of carbonyl (C=O) groups is 4. The van der Waals surface area contributed by atoms with E-state index in [0.717, 1.165) is 24.3 Å². The zero-order valence-corrected chi connectivity index (χ0v) is 15.9. The second-order valence-electron chi connectivity index (χ2n) is 6.55. The Balaban J connectivity index is 2.13. The van der Waals surface area contributed by atoms with Crippen molar-refractivity contribution in [2.75, 3.05) is 10.6 Å². The molecule has 0 aliphatic rings. The van der Waals surface area contributed by atoms with E-state index in [4.69, 9.17) is 0 Å². The van der Waals surface area contributed by atoms with Gasteiger partial charge in [0.15, 0.2) is 0 Å². The highest BCUT2D eigenvalue weighted by molar-refractivity contribution is 6.10. The quantitative estimate of drug-likeness (QED) is 0.663. The van der Waals surface area contributed by atoms with E-state index in [-0.39, 0.29) is 17.8 Å². The number of halogens is 2. The molecule has 2 amide bonds. The fourth-order valence-corrected chi connectivity index (χ4v) is 2.68. The summed E-state index contributed by atoms with van der Waals surface area (Å²) in [5.74, 6) is -5.94. The number of rotatable bonds is 8. The first-order valence-electron chi connectivity index (χ1n) is 8.81. The van der Waals surface area contributed by atoms with E-state index in [2.05, 4.69) is 10.6 Å². The molecule has 0 spiro atoms. The SMILES string of the molecule is CC(=O)C(CC(C(C)=O)C(=O)Nc1ccc(F)cc1)C(=O)Nc1ccc(F)cc1. The Morgan fingerprint density at radius 3 is 1.28 bits per heavy atom. The molecule has 2 N–H and O–H groups in total. The maximum absolute atomic E-state index is 13.0. The average molecular weight is 402 g/mol. The molecule has 2 atom stereocenters. The van der Waals surface area contributed by atoms with Gasteiger partial charge in [-0.3, -0.25) is 19.2 Å². The van der Waals surface area contributed by atoms with Gasteiger partial charge < -0.3 is 10.6 Å². The lowest BCUT2D eigenvalue weighted by molar-refractivity contribution is -0.133. The normalized spacial score (nSPS) is 12.6. The number of amides is 2. The van der Waals surface area contributed by atoms with E-state index in [1.807, 2.05) is 0 Å². The first kappa shape index (κ1) is 21.9. The van der Waals surface area contributed by atoms with Crippen molar-refractivity contribution in [2.45, 2.75) is 20.3 Å². The summed E-state index contributed by atoms with van der Waals surface area (Å²) >= 11 is 0. The molecule has 0 aromatic heterocycles. The highest BCUT2D eigenvalue weighted by Crippen LogP contribution is 2.20. The van der Waals surface area contributed by atoms with Crippen LogP contribution in [0.5, 0.6) is 0 Å². The topological polar surface area (TPSA) is 92.3 Å². The molecule has 2 aromatic carbocycles. The van der Waals surface area contributed by atoms with E-state index in [1.54, 1.807) is 0 Å². The van der Waals surface area contributed by atoms with Crippen molar-refractivity contribution in [3.63, 3.8) is 0 Å². The molecule has 0 radical (unpaired) electrons. The van der Waals surface area contributed by atoms with Gasteiger partial charge in [-0.15, -0.1) is 0 Å². The van der Waals surface area contributed by atoms with Gasteiger partial charge in [-0.2, -0.15) is 0 Å². The van der Waals surface area contributed by atoms with E-state index >= 15 is 0 Å². The van der Waals surface area contributed by atoms with Crippen LogP contribution in [0.4, 0.5) is 20.2 Å². The van der Waals surface area contributed by atoms with E-state index in [9.17, 15) is 28.0 Å². The Labute approximate surface area is 166 Å². The highest BCUT2D eigenvalue weighted by Gasteiger charge is 2.33. The van der Waals surface area contributed by atoms with Gasteiger partial charge in [-0.25, -0.2) is 8.78 Å². The van der Waals surface area contributed by atoms with Crippen molar-refractivity contribution >= 4 is 34.8 Å². The molecule has 2 aromatic rings. The maximum atomic E-state index is 13.0. The molecule has 0 fully saturated rings. The zero-order chi connectivity index (χ0) is 21.6. The van der Waals surface area contributed by atoms with Gasteiger partial charge in [0.25, 0.3) is 0 Å². The fourth-order valence-electron chi connectivity index (χ4n) is 2.68. The number of hydrogen-bond donors (Lipinski definition) is 2. The Morgan fingerprint density at radius 2 is 1.00 bits per heavy atom. The van der Waals surface area contributed by atoms with Crippen molar-refractivity contribution in [3.8, 4) is 0 Å². The lowest BCUT2D eigenvalue weighted by Gasteiger charge is -2.19. The molecule has 2 rings (SSSR count). The van der Waals surface area contributed by atoms with Gasteiger partial charge >= 0.3 is 0 Å². The molecular weight excluding hydrogens is 382 g/mol. The first-order chi connectivity index (χ1) is 13.7. The van der Waals surface area contributed by atoms with E-state index < -0.39 is 46.9 Å². The van der Waals surface area contributed by atoms with Crippen LogP contribution >= 0.6 is 0 Å². The van der Waals surface area contributed by atoms with Gasteiger partial charge in [0.2, 0.25) is 11.8 Å². The van der Waals surface area contributed by atoms with Crippen LogP contribution in [0.15, 0.2) is 48.5 Å². The number of benzene rings is 2. The predicted octanol–water partition coefficient (Wildman–Crippen LogP) is 3.34. The standard InChI is InChI=1S/C21H20F2N2O4/c1-12(26)18(20(28)24-16-7-3-14(22)4-8-16)11-19(13(2)27)21(29)25-17-9-5-15(23)6-10-17/h3-10,18-19H,11H2,1-2H3,(H,24,28)(H,25,29). The van der Waals surface area contributed by atoms with Gasteiger partial charge in [0, 0.05) is 11.4 Å². The summed E-state index contributed by atoms with van der Waals surface area (Å²) in [4.78, 5) is 49.0. The lowest BCUT2D eigenvalue weighted by atomic mass is 9.88. The van der Waals surface area contributed by atoms with Crippen LogP contribution in [0.3, 0.4) is 0 Å². The Morgan fingerprint density at radius 1 is 0.690 bits per heavy atom. The van der Waals surface area contributed by atoms with E-state index in [0.29, 0.717) is 0 Å². The number of anilines is 2. The summed E-state index contributed by atoms with van der Waals surface area (Å²) < 4.78 is 26.0. The van der Waals surface area contributed by atoms with Crippen LogP contribution in [0.1, 0.15) is 20.3 Å². The molecule has 0 heterocycles. The number of ketones is 2. The van der Waals surface area contributed by atoms with Crippen molar-refractivity contribution in [1.29, 1.82) is 0 Å². The third kappa shape index (κ3) is 6.31. The smallest absolute Gasteiger partial charge is 0.234 e. The second-order valence-corrected chi connectivity index (χ2v) is 6.55. The first-order valence-corrected chi connectivity index (χ1v) is 8.81. The minimum atomic E-state index is -1.26. The van der Waals surface area contributed by atoms with E-state index in [1.165, 1.54) is 38.1 Å². The summed E-state index contributed by atoms with van der Waals surface area (Å²) in [7, 11) is 0. The highest BCUT2D eigenvalue weighted by atomic mass is 19.1. The molecule has 152 valence electrons. The molecule has 8 heteroatoms. The molecule has 6 nitrogen and oxygen atoms in total. The Kier molecular flexibility index (Phi) is 7.30. The molecule has 0 saturated heterocycles. The van der Waals surface area contributed by atoms with Crippen LogP contribution in [0, 0.1) is 23.5 Å². The maximum Gasteiger partial charge on any atom is 0.234 e. The van der Waals surface area contributed by atoms with Crippen molar-refractivity contribution < 1.29 is 28.0 Å². The predicted molar refractivity (Wildman–Crippen MR) is 103 cm³/mol. The number of carbonyl (C=O) groups excluding carboxylic acids is 4. The third-order valence-corrected chi connectivity index (χ3v) is 4.31. The molecule has 0 aliphatic carbocycles. The van der Waals surface area contributed by atoms with Crippen LogP contribution in [-0.2, 0) is 19.2 Å². The van der Waals surface area contributed by atoms with Crippen LogP contribution in [-0.4, -0.2) is 23.4 Å². The van der Waals surface area contributed by atoms with Crippen LogP contribution in [0.2, 0.25) is 0 Å². The average Bonchev–Trinajstić information content (AvgIpc) is 2.65. The Bertz CT molecular complexity index is 836. The van der Waals surface area contributed by atoms with Crippen LogP contribution in [0.25, 0.3) is 0 Å². The summed E-state index contributed by atoms with van der Waals surface area (Å²) in [5, 5.41) is 4.96. The molecule has 29 heavy (non-hydrogen) atoms. The van der Waals surface area contributed by atoms with Gasteiger partial charge in [0.05, 0.1) is 11.8 Å². The summed E-state index contributed by atoms with van der Waals surface area (Å²) in [5.41, 5.74) is 0.551. The fraction of sp³-hybridized carbons (Fsp3) is 0.238. The monoisotopic (exact) mass is 402 g/mol. The molecule has 0 aliphatic heterocycles. The summed E-state index contributed by atoms with van der Waals surface area (Å²) in [6.07, 6.45) is -0.329. The largest absolute Gasteiger partial charge is 0.325 e. The number of Topliss-reactive ketones (excluding diaryl/α,β-unsaturated/α-hetero) is 2. The number of nitrogens with one attached hydrogen (secondary N) is 2. The van der Waals surface area contributed by atoms with Crippen molar-refractivity contribution in [3.05, 3.63) is 60.2 Å². The minimum absolute atomic E-state index is 0.276. The van der Waals surface area contributed by atoms with Gasteiger partial charge in [-0.1, -0.05) is 0 Å². The third-order valence-electron chi connectivity index (χ3n) is 4.31. The second kappa shape index (κ2) is 9.68. The summed E-state index contributed by atoms with van der Waals surface area (Å²) in [6.45, 7) is 2.37. The zero-order valence-electron chi connectivity index (χ0n) is 15.9. The number of hydrogen-bond acceptors (Lipinski definition) is 4.